The second-order valence-electron chi connectivity index (χ2n) is 3.89. The minimum atomic E-state index is 0.180. The molecule has 1 aliphatic heterocycles. The normalized spacial score (nSPS) is 24.6. The standard InChI is InChI=1S/C10H19NO2/c1-9-3-4-10(13)11(7-5-9)6-2-8-12/h9,12H,2-8H2,1H3. The molecule has 0 spiro atoms. The molecule has 0 aromatic heterocycles. The van der Waals surface area contributed by atoms with E-state index in [1.807, 2.05) is 4.90 Å². The summed E-state index contributed by atoms with van der Waals surface area (Å²) < 4.78 is 0. The van der Waals surface area contributed by atoms with E-state index in [-0.39, 0.29) is 12.5 Å². The first-order valence-electron chi connectivity index (χ1n) is 5.12. The molecular weight excluding hydrogens is 166 g/mol. The molecule has 1 atom stereocenters. The fourth-order valence-corrected chi connectivity index (χ4v) is 1.67. The number of aliphatic hydroxyl groups is 1. The summed E-state index contributed by atoms with van der Waals surface area (Å²) in [6.45, 7) is 3.98. The Bertz CT molecular complexity index is 170. The zero-order valence-corrected chi connectivity index (χ0v) is 8.33. The van der Waals surface area contributed by atoms with Crippen molar-refractivity contribution in [3.8, 4) is 0 Å². The van der Waals surface area contributed by atoms with Crippen molar-refractivity contribution in [2.45, 2.75) is 32.6 Å². The molecule has 1 saturated heterocycles. The van der Waals surface area contributed by atoms with Gasteiger partial charge in [-0.25, -0.2) is 0 Å². The predicted molar refractivity (Wildman–Crippen MR) is 51.3 cm³/mol. The molecule has 0 saturated carbocycles. The lowest BCUT2D eigenvalue weighted by molar-refractivity contribution is -0.130. The zero-order valence-electron chi connectivity index (χ0n) is 8.33. The van der Waals surface area contributed by atoms with Gasteiger partial charge in [0, 0.05) is 26.1 Å². The van der Waals surface area contributed by atoms with E-state index >= 15 is 0 Å². The van der Waals surface area contributed by atoms with E-state index in [4.69, 9.17) is 5.11 Å². The Kier molecular flexibility index (Phi) is 4.22. The van der Waals surface area contributed by atoms with Crippen molar-refractivity contribution in [1.82, 2.24) is 4.90 Å². The van der Waals surface area contributed by atoms with Gasteiger partial charge in [0.25, 0.3) is 0 Å². The van der Waals surface area contributed by atoms with Crippen molar-refractivity contribution < 1.29 is 9.90 Å². The minimum absolute atomic E-state index is 0.180. The number of aliphatic hydroxyl groups excluding tert-OH is 1. The maximum Gasteiger partial charge on any atom is 0.222 e. The van der Waals surface area contributed by atoms with Crippen LogP contribution in [0, 0.1) is 5.92 Å². The number of hydrogen-bond donors (Lipinski definition) is 1. The maximum atomic E-state index is 11.5. The zero-order chi connectivity index (χ0) is 9.68. The van der Waals surface area contributed by atoms with E-state index in [0.717, 1.165) is 25.9 Å². The number of hydrogen-bond acceptors (Lipinski definition) is 2. The van der Waals surface area contributed by atoms with Gasteiger partial charge in [0.15, 0.2) is 0 Å². The second kappa shape index (κ2) is 5.22. The molecule has 0 bridgehead atoms. The molecule has 1 aliphatic rings. The molecule has 0 aromatic carbocycles. The first-order chi connectivity index (χ1) is 6.24. The molecule has 0 aliphatic carbocycles. The van der Waals surface area contributed by atoms with Gasteiger partial charge >= 0.3 is 0 Å². The molecule has 3 heteroatoms. The van der Waals surface area contributed by atoms with Crippen LogP contribution in [0.1, 0.15) is 32.6 Å². The van der Waals surface area contributed by atoms with Crippen molar-refractivity contribution >= 4 is 5.91 Å². The van der Waals surface area contributed by atoms with E-state index in [1.54, 1.807) is 0 Å². The number of likely N-dealkylation sites (tertiary alicyclic amines) is 1. The Labute approximate surface area is 79.7 Å². The lowest BCUT2D eigenvalue weighted by atomic mass is 10.0. The quantitative estimate of drug-likeness (QED) is 0.713. The summed E-state index contributed by atoms with van der Waals surface area (Å²) in [6.07, 6.45) is 3.53. The highest BCUT2D eigenvalue weighted by atomic mass is 16.3. The molecule has 76 valence electrons. The third-order valence-electron chi connectivity index (χ3n) is 2.68. The lowest BCUT2D eigenvalue weighted by Gasteiger charge is -2.19. The summed E-state index contributed by atoms with van der Waals surface area (Å²) in [5, 5.41) is 8.67. The highest BCUT2D eigenvalue weighted by Crippen LogP contribution is 2.17. The maximum absolute atomic E-state index is 11.5. The van der Waals surface area contributed by atoms with E-state index in [1.165, 1.54) is 0 Å². The largest absolute Gasteiger partial charge is 0.396 e. The van der Waals surface area contributed by atoms with Crippen molar-refractivity contribution in [2.75, 3.05) is 19.7 Å². The Morgan fingerprint density at radius 1 is 1.54 bits per heavy atom. The number of amides is 1. The van der Waals surface area contributed by atoms with Crippen LogP contribution in [0.5, 0.6) is 0 Å². The summed E-state index contributed by atoms with van der Waals surface area (Å²) in [6, 6.07) is 0. The first kappa shape index (κ1) is 10.5. The number of carbonyl (C=O) groups excluding carboxylic acids is 1. The first-order valence-corrected chi connectivity index (χ1v) is 5.12. The molecule has 1 amide bonds. The Hall–Kier alpha value is -0.570. The van der Waals surface area contributed by atoms with Gasteiger partial charge in [-0.05, 0) is 25.2 Å². The topological polar surface area (TPSA) is 40.5 Å². The molecule has 1 N–H and O–H groups in total. The van der Waals surface area contributed by atoms with Crippen molar-refractivity contribution in [3.63, 3.8) is 0 Å². The Morgan fingerprint density at radius 2 is 2.31 bits per heavy atom. The number of carbonyl (C=O) groups is 1. The summed E-state index contributed by atoms with van der Waals surface area (Å²) in [7, 11) is 0. The van der Waals surface area contributed by atoms with Crippen molar-refractivity contribution in [2.24, 2.45) is 5.92 Å². The molecule has 13 heavy (non-hydrogen) atoms. The van der Waals surface area contributed by atoms with Crippen LogP contribution >= 0.6 is 0 Å². The van der Waals surface area contributed by atoms with Gasteiger partial charge < -0.3 is 10.0 Å². The monoisotopic (exact) mass is 185 g/mol. The average molecular weight is 185 g/mol. The van der Waals surface area contributed by atoms with Gasteiger partial charge in [-0.1, -0.05) is 6.92 Å². The Morgan fingerprint density at radius 3 is 3.00 bits per heavy atom. The SMILES string of the molecule is CC1CCC(=O)N(CCCO)CC1. The molecule has 1 fully saturated rings. The fraction of sp³-hybridized carbons (Fsp3) is 0.900. The van der Waals surface area contributed by atoms with Crippen LogP contribution in [-0.4, -0.2) is 35.6 Å². The molecule has 3 nitrogen and oxygen atoms in total. The molecular formula is C10H19NO2. The van der Waals surface area contributed by atoms with Crippen LogP contribution in [0.15, 0.2) is 0 Å². The molecule has 1 rings (SSSR count). The smallest absolute Gasteiger partial charge is 0.222 e. The Balaban J connectivity index is 2.38. The summed E-state index contributed by atoms with van der Waals surface area (Å²) in [5.41, 5.74) is 0. The average Bonchev–Trinajstić information content (AvgIpc) is 2.28. The van der Waals surface area contributed by atoms with Crippen LogP contribution in [0.2, 0.25) is 0 Å². The van der Waals surface area contributed by atoms with Crippen LogP contribution in [0.4, 0.5) is 0 Å². The van der Waals surface area contributed by atoms with E-state index in [0.29, 0.717) is 18.8 Å². The third-order valence-corrected chi connectivity index (χ3v) is 2.68. The van der Waals surface area contributed by atoms with Crippen LogP contribution < -0.4 is 0 Å². The minimum Gasteiger partial charge on any atom is -0.396 e. The van der Waals surface area contributed by atoms with Gasteiger partial charge in [0.05, 0.1) is 0 Å². The number of rotatable bonds is 3. The van der Waals surface area contributed by atoms with Crippen molar-refractivity contribution in [3.05, 3.63) is 0 Å². The van der Waals surface area contributed by atoms with Gasteiger partial charge in [-0.15, -0.1) is 0 Å². The highest BCUT2D eigenvalue weighted by Gasteiger charge is 2.19. The van der Waals surface area contributed by atoms with E-state index < -0.39 is 0 Å². The summed E-state index contributed by atoms with van der Waals surface area (Å²) in [5.74, 6) is 0.931. The van der Waals surface area contributed by atoms with Crippen LogP contribution in [-0.2, 0) is 4.79 Å². The molecule has 1 heterocycles. The molecule has 1 unspecified atom stereocenters. The summed E-state index contributed by atoms with van der Waals surface area (Å²) >= 11 is 0. The van der Waals surface area contributed by atoms with E-state index in [9.17, 15) is 4.79 Å². The van der Waals surface area contributed by atoms with Gasteiger partial charge in [-0.2, -0.15) is 0 Å². The molecule has 0 radical (unpaired) electrons. The third kappa shape index (κ3) is 3.35. The van der Waals surface area contributed by atoms with Crippen LogP contribution in [0.25, 0.3) is 0 Å². The number of nitrogens with zero attached hydrogens (tertiary/aromatic N) is 1. The van der Waals surface area contributed by atoms with Gasteiger partial charge in [0.1, 0.15) is 0 Å². The lowest BCUT2D eigenvalue weighted by Crippen LogP contribution is -2.31. The molecule has 0 aromatic rings. The van der Waals surface area contributed by atoms with Gasteiger partial charge in [-0.3, -0.25) is 4.79 Å². The van der Waals surface area contributed by atoms with Gasteiger partial charge in [0.2, 0.25) is 5.91 Å². The van der Waals surface area contributed by atoms with Crippen molar-refractivity contribution in [1.29, 1.82) is 0 Å². The fourth-order valence-electron chi connectivity index (χ4n) is 1.67. The summed E-state index contributed by atoms with van der Waals surface area (Å²) in [4.78, 5) is 13.4. The second-order valence-corrected chi connectivity index (χ2v) is 3.89. The predicted octanol–water partition coefficient (Wildman–Crippen LogP) is 1.02. The highest BCUT2D eigenvalue weighted by molar-refractivity contribution is 5.76. The van der Waals surface area contributed by atoms with Crippen LogP contribution in [0.3, 0.4) is 0 Å². The van der Waals surface area contributed by atoms with E-state index in [2.05, 4.69) is 6.92 Å².